The minimum absolute atomic E-state index is 0.160. The number of anilines is 1. The molecule has 0 spiro atoms. The van der Waals surface area contributed by atoms with E-state index in [4.69, 9.17) is 9.47 Å². The molecule has 0 atom stereocenters. The van der Waals surface area contributed by atoms with Crippen LogP contribution in [0, 0.1) is 0 Å². The van der Waals surface area contributed by atoms with Crippen molar-refractivity contribution < 1.29 is 40.0 Å². The summed E-state index contributed by atoms with van der Waals surface area (Å²) in [7, 11) is -5.26. The summed E-state index contributed by atoms with van der Waals surface area (Å²) < 4.78 is 81.9. The van der Waals surface area contributed by atoms with E-state index in [-0.39, 0.29) is 18.6 Å². The molecule has 10 nitrogen and oxygen atoms in total. The molecule has 1 N–H and O–H groups in total. The minimum atomic E-state index is -4.39. The second-order valence-corrected chi connectivity index (χ2v) is 16.8. The van der Waals surface area contributed by atoms with Crippen LogP contribution in [0.2, 0.25) is 0 Å². The number of rotatable bonds is 13. The maximum absolute atomic E-state index is 11.6. The predicted molar refractivity (Wildman–Crippen MR) is 196 cm³/mol. The highest BCUT2D eigenvalue weighted by Crippen LogP contribution is 2.52. The maximum atomic E-state index is 11.6. The van der Waals surface area contributed by atoms with E-state index in [0.29, 0.717) is 19.5 Å². The highest BCUT2D eigenvalue weighted by atomic mass is 32.2. The maximum Gasteiger partial charge on any atom is 0.264 e. The second kappa shape index (κ2) is 14.3. The predicted octanol–water partition coefficient (Wildman–Crippen LogP) is 6.97. The molecule has 1 aromatic heterocycles. The number of aromatic nitrogens is 1. The lowest BCUT2D eigenvalue weighted by atomic mass is 10.1. The van der Waals surface area contributed by atoms with Crippen LogP contribution in [0.25, 0.3) is 37.8 Å². The number of fused-ring (bicyclic) bond motifs is 6. The van der Waals surface area contributed by atoms with Gasteiger partial charge in [-0.1, -0.05) is 72.5 Å². The van der Waals surface area contributed by atoms with Crippen molar-refractivity contribution >= 4 is 86.9 Å². The summed E-state index contributed by atoms with van der Waals surface area (Å²) in [6.07, 6.45) is 5.22. The third-order valence-electron chi connectivity index (χ3n) is 8.41. The van der Waals surface area contributed by atoms with Gasteiger partial charge in [0.2, 0.25) is 5.52 Å². The number of hydrogen-bond acceptors (Lipinski definition) is 10. The Labute approximate surface area is 294 Å². The van der Waals surface area contributed by atoms with E-state index in [1.54, 1.807) is 37.3 Å². The van der Waals surface area contributed by atoms with Crippen LogP contribution in [-0.2, 0) is 26.8 Å². The Morgan fingerprint density at radius 2 is 1.55 bits per heavy atom. The molecule has 258 valence electrons. The van der Waals surface area contributed by atoms with Crippen LogP contribution in [0.5, 0.6) is 11.5 Å². The number of thioether (sulfide) groups is 1. The summed E-state index contributed by atoms with van der Waals surface area (Å²) in [5, 5.41) is 5.58. The molecule has 49 heavy (non-hydrogen) atoms. The zero-order valence-corrected chi connectivity index (χ0v) is 30.5. The molecule has 2 heterocycles. The zero-order valence-electron chi connectivity index (χ0n) is 27.2. The van der Waals surface area contributed by atoms with Gasteiger partial charge in [0.1, 0.15) is 16.2 Å². The lowest BCUT2D eigenvalue weighted by Crippen LogP contribution is -2.36. The van der Waals surface area contributed by atoms with Gasteiger partial charge >= 0.3 is 0 Å². The number of thiazole rings is 1. The number of nitrogens with zero attached hydrogens (tertiary/aromatic N) is 2. The first-order valence-electron chi connectivity index (χ1n) is 15.7. The van der Waals surface area contributed by atoms with Crippen LogP contribution in [0.15, 0.2) is 82.2 Å². The molecule has 0 bridgehead atoms. The van der Waals surface area contributed by atoms with Gasteiger partial charge in [-0.15, -0.1) is 0 Å². The largest absolute Gasteiger partial charge is 0.748 e. The van der Waals surface area contributed by atoms with Crippen molar-refractivity contribution in [2.45, 2.75) is 37.6 Å². The molecule has 4 aromatic carbocycles. The number of ether oxygens (including phenoxy) is 2. The minimum Gasteiger partial charge on any atom is -0.748 e. The molecule has 14 heteroatoms. The average molecular weight is 741 g/mol. The number of methoxy groups -OCH3 is 2. The average Bonchev–Trinajstić information content (AvgIpc) is 3.59. The van der Waals surface area contributed by atoms with Crippen molar-refractivity contribution in [2.24, 2.45) is 0 Å². The van der Waals surface area contributed by atoms with Crippen molar-refractivity contribution in [3.8, 4) is 11.5 Å². The van der Waals surface area contributed by atoms with Crippen LogP contribution in [0.1, 0.15) is 31.2 Å². The van der Waals surface area contributed by atoms with Crippen molar-refractivity contribution in [3.63, 3.8) is 0 Å². The van der Waals surface area contributed by atoms with Gasteiger partial charge in [-0.3, -0.25) is 4.55 Å². The Kier molecular flexibility index (Phi) is 10.3. The normalized spacial score (nSPS) is 14.8. The first-order chi connectivity index (χ1) is 23.4. The smallest absolute Gasteiger partial charge is 0.264 e. The zero-order chi connectivity index (χ0) is 34.9. The van der Waals surface area contributed by atoms with Crippen LogP contribution in [0.4, 0.5) is 5.69 Å². The van der Waals surface area contributed by atoms with Crippen molar-refractivity contribution in [2.75, 3.05) is 37.2 Å². The molecular weight excluding hydrogens is 705 g/mol. The van der Waals surface area contributed by atoms with E-state index in [1.807, 2.05) is 60.7 Å². The van der Waals surface area contributed by atoms with Gasteiger partial charge in [0.25, 0.3) is 15.1 Å². The topological polar surface area (TPSA) is 137 Å². The lowest BCUT2D eigenvalue weighted by Gasteiger charge is -2.22. The number of hydrogen-bond donors (Lipinski definition) is 1. The van der Waals surface area contributed by atoms with Gasteiger partial charge in [-0.25, -0.2) is 8.42 Å². The van der Waals surface area contributed by atoms with E-state index in [2.05, 4.69) is 28.5 Å². The van der Waals surface area contributed by atoms with E-state index in [0.717, 1.165) is 69.5 Å². The molecule has 0 fully saturated rings. The Morgan fingerprint density at radius 3 is 2.18 bits per heavy atom. The molecule has 0 radical (unpaired) electrons. The summed E-state index contributed by atoms with van der Waals surface area (Å²) >= 11 is 3.12. The molecule has 1 aliphatic rings. The fraction of sp³-hybridized carbons (Fsp3) is 0.286. The van der Waals surface area contributed by atoms with Crippen LogP contribution >= 0.6 is 23.1 Å². The summed E-state index contributed by atoms with van der Waals surface area (Å²) in [6, 6.07) is 19.8. The quantitative estimate of drug-likeness (QED) is 0.0995. The lowest BCUT2D eigenvalue weighted by molar-refractivity contribution is -0.667. The summed E-state index contributed by atoms with van der Waals surface area (Å²) in [4.78, 5) is 3.07. The molecule has 0 amide bonds. The van der Waals surface area contributed by atoms with Gasteiger partial charge in [0.05, 0.1) is 46.2 Å². The molecule has 0 unspecified atom stereocenters. The molecule has 6 rings (SSSR count). The highest BCUT2D eigenvalue weighted by Gasteiger charge is 2.30. The third kappa shape index (κ3) is 7.59. The molecule has 0 saturated heterocycles. The van der Waals surface area contributed by atoms with Gasteiger partial charge in [-0.05, 0) is 36.6 Å². The van der Waals surface area contributed by atoms with Crippen molar-refractivity contribution in [3.05, 3.63) is 82.3 Å². The van der Waals surface area contributed by atoms with Gasteiger partial charge in [-0.2, -0.15) is 13.0 Å². The monoisotopic (exact) mass is 740 g/mol. The van der Waals surface area contributed by atoms with E-state index >= 15 is 0 Å². The van der Waals surface area contributed by atoms with Gasteiger partial charge in [0.15, 0.2) is 6.54 Å². The molecule has 1 aliphatic heterocycles. The van der Waals surface area contributed by atoms with Crippen molar-refractivity contribution in [1.29, 1.82) is 0 Å². The van der Waals surface area contributed by atoms with Gasteiger partial charge < -0.3 is 18.9 Å². The summed E-state index contributed by atoms with van der Waals surface area (Å²) in [5.74, 6) is 0.639. The second-order valence-electron chi connectivity index (χ2n) is 11.6. The highest BCUT2D eigenvalue weighted by molar-refractivity contribution is 8.03. The Balaban J connectivity index is 1.49. The first-order valence-corrected chi connectivity index (χ1v) is 20.5. The van der Waals surface area contributed by atoms with E-state index in [9.17, 15) is 25.9 Å². The number of allylic oxidation sites excluding steroid dienone is 2. The molecule has 5 aromatic rings. The summed E-state index contributed by atoms with van der Waals surface area (Å²) in [5.41, 5.74) is 2.87. The fourth-order valence-corrected chi connectivity index (χ4v) is 9.64. The van der Waals surface area contributed by atoms with E-state index < -0.39 is 26.0 Å². The Hall–Kier alpha value is -3.66. The first kappa shape index (κ1) is 35.2. The summed E-state index contributed by atoms with van der Waals surface area (Å²) in [6.45, 7) is 2.74. The van der Waals surface area contributed by atoms with Crippen molar-refractivity contribution in [1.82, 2.24) is 0 Å². The standard InChI is InChI=1S/C35H36N2O8S4/c1-4-23(19-32-36(15-9-17-48(38,39)40)34-26-13-7-5-11-24(26)28(44-2)21-30(34)46-32)20-33-37(16-10-18-49(41,42)43)35-27-14-8-6-12-25(27)29(45-3)22-31(35)47-33/h5-8,11-14,19-22H,4,9-10,15-18H2,1-3H3,(H-,38,39,40,41,42,43). The van der Waals surface area contributed by atoms with Crippen LogP contribution in [-0.4, -0.2) is 58.2 Å². The SMILES string of the molecule is CCC(/C=C1\Sc2cc(OC)c3ccccc3c2N1CCCS(=O)(=O)O)=C\c1sc2cc(OC)c3ccccc3c2[n+]1CCCS(=O)(=O)[O-]. The Morgan fingerprint density at radius 1 is 0.918 bits per heavy atom. The van der Waals surface area contributed by atoms with Crippen LogP contribution < -0.4 is 18.9 Å². The van der Waals surface area contributed by atoms with E-state index in [1.165, 1.54) is 0 Å². The number of aryl methyl sites for hydroxylation is 1. The fourth-order valence-electron chi connectivity index (χ4n) is 6.24. The van der Waals surface area contributed by atoms with Gasteiger partial charge in [0, 0.05) is 51.9 Å². The van der Waals surface area contributed by atoms with Crippen LogP contribution in [0.3, 0.4) is 0 Å². The molecule has 0 saturated carbocycles. The Bertz CT molecular complexity index is 2350. The molecule has 0 aliphatic carbocycles. The third-order valence-corrected chi connectivity index (χ3v) is 12.2. The molecular formula is C35H36N2O8S4. The number of benzene rings is 4.